The van der Waals surface area contributed by atoms with E-state index in [0.29, 0.717) is 54.8 Å². The summed E-state index contributed by atoms with van der Waals surface area (Å²) in [6.45, 7) is -2.02. The summed E-state index contributed by atoms with van der Waals surface area (Å²) in [6, 6.07) is 11.5. The molecule has 1 amide bonds. The average Bonchev–Trinajstić information content (AvgIpc) is 3.47. The Balaban J connectivity index is 1.35. The van der Waals surface area contributed by atoms with E-state index in [1.165, 1.54) is 0 Å². The molecule has 0 saturated carbocycles. The Labute approximate surface area is 211 Å². The van der Waals surface area contributed by atoms with E-state index in [9.17, 15) is 9.90 Å². The molecule has 2 saturated heterocycles. The average molecular weight is 490 g/mol. The minimum Gasteiger partial charge on any atom is -0.486 e. The third-order valence-corrected chi connectivity index (χ3v) is 6.73. The summed E-state index contributed by atoms with van der Waals surface area (Å²) in [7, 11) is 0. The molecule has 0 spiro atoms. The van der Waals surface area contributed by atoms with Gasteiger partial charge >= 0.3 is 0 Å². The van der Waals surface area contributed by atoms with Crippen molar-refractivity contribution < 1.29 is 24.9 Å². The van der Waals surface area contributed by atoms with Crippen LogP contribution in [0.2, 0.25) is 5.02 Å². The molecule has 182 valence electrons. The zero-order chi connectivity index (χ0) is 27.1. The van der Waals surface area contributed by atoms with Crippen molar-refractivity contribution in [3.8, 4) is 11.5 Å². The molecule has 34 heavy (non-hydrogen) atoms. The standard InChI is InChI=1S/C26H32ClN3O4/c27-20-4-6-21(7-5-20)30-12-9-19(16-30)26(32)28-22(17-29-10-1-2-11-29)25(31)18-3-8-23-24(15-18)34-14-13-33-23/h3-8,15,19,22,25,31H,1-2,9-14,16-17H2,(H,28,32)/t19?,22-,25-/m1/s1/i10D2,11D2. The second-order valence-electron chi connectivity index (χ2n) is 8.80. The van der Waals surface area contributed by atoms with Gasteiger partial charge in [-0.1, -0.05) is 17.7 Å². The van der Waals surface area contributed by atoms with Gasteiger partial charge in [-0.25, -0.2) is 0 Å². The topological polar surface area (TPSA) is 74.3 Å². The van der Waals surface area contributed by atoms with Gasteiger partial charge in [0.25, 0.3) is 0 Å². The number of ether oxygens (including phenoxy) is 2. The highest BCUT2D eigenvalue weighted by Gasteiger charge is 2.33. The molecule has 3 aliphatic heterocycles. The molecule has 3 heterocycles. The van der Waals surface area contributed by atoms with Gasteiger partial charge in [0.1, 0.15) is 19.3 Å². The summed E-state index contributed by atoms with van der Waals surface area (Å²) in [5.74, 6) is 0.448. The first-order valence-corrected chi connectivity index (χ1v) is 12.1. The molecule has 0 aromatic heterocycles. The van der Waals surface area contributed by atoms with Crippen LogP contribution in [0.25, 0.3) is 0 Å². The number of halogens is 1. The largest absolute Gasteiger partial charge is 0.486 e. The maximum absolute atomic E-state index is 13.4. The Kier molecular flexibility index (Phi) is 5.76. The van der Waals surface area contributed by atoms with Crippen molar-refractivity contribution in [3.63, 3.8) is 0 Å². The van der Waals surface area contributed by atoms with Gasteiger partial charge in [-0.15, -0.1) is 0 Å². The smallest absolute Gasteiger partial charge is 0.225 e. The van der Waals surface area contributed by atoms with Crippen molar-refractivity contribution >= 4 is 23.2 Å². The lowest BCUT2D eigenvalue weighted by Gasteiger charge is -2.30. The Morgan fingerprint density at radius 3 is 2.65 bits per heavy atom. The molecule has 2 aromatic carbocycles. The zero-order valence-corrected chi connectivity index (χ0v) is 19.6. The Bertz CT molecular complexity index is 1150. The molecule has 0 radical (unpaired) electrons. The third kappa shape index (κ3) is 5.27. The van der Waals surface area contributed by atoms with Crippen LogP contribution in [0.5, 0.6) is 11.5 Å². The van der Waals surface area contributed by atoms with E-state index in [1.807, 2.05) is 24.3 Å². The van der Waals surface area contributed by atoms with Crippen molar-refractivity contribution in [3.05, 3.63) is 53.1 Å². The lowest BCUT2D eigenvalue weighted by molar-refractivity contribution is -0.126. The number of amides is 1. The van der Waals surface area contributed by atoms with E-state index in [0.717, 1.165) is 10.6 Å². The fraction of sp³-hybridized carbons (Fsp3) is 0.500. The number of hydrogen-bond acceptors (Lipinski definition) is 6. The second-order valence-corrected chi connectivity index (χ2v) is 9.23. The van der Waals surface area contributed by atoms with Crippen molar-refractivity contribution in [2.45, 2.75) is 31.4 Å². The quantitative estimate of drug-likeness (QED) is 0.622. The van der Waals surface area contributed by atoms with Crippen molar-refractivity contribution in [1.82, 2.24) is 10.2 Å². The fourth-order valence-electron chi connectivity index (χ4n) is 4.63. The molecule has 2 N–H and O–H groups in total. The minimum absolute atomic E-state index is 0.0272. The molecule has 7 nitrogen and oxygen atoms in total. The maximum atomic E-state index is 13.4. The molecular weight excluding hydrogens is 454 g/mol. The third-order valence-electron chi connectivity index (χ3n) is 6.48. The zero-order valence-electron chi connectivity index (χ0n) is 22.9. The van der Waals surface area contributed by atoms with Gasteiger partial charge in [0.05, 0.1) is 12.0 Å². The second kappa shape index (κ2) is 10.4. The number of carbonyl (C=O) groups excluding carboxylic acids is 1. The number of fused-ring (bicyclic) bond motifs is 1. The number of likely N-dealkylation sites (tertiary alicyclic amines) is 1. The van der Waals surface area contributed by atoms with Gasteiger partial charge in [-0.05, 0) is 74.2 Å². The Morgan fingerprint density at radius 2 is 1.88 bits per heavy atom. The number of aliphatic hydroxyl groups excluding tert-OH is 1. The summed E-state index contributed by atoms with van der Waals surface area (Å²) < 4.78 is 44.6. The highest BCUT2D eigenvalue weighted by Crippen LogP contribution is 2.34. The van der Waals surface area contributed by atoms with Crippen LogP contribution in [-0.2, 0) is 4.79 Å². The number of benzene rings is 2. The summed E-state index contributed by atoms with van der Waals surface area (Å²) in [4.78, 5) is 16.6. The number of nitrogens with zero attached hydrogens (tertiary/aromatic N) is 2. The summed E-state index contributed by atoms with van der Waals surface area (Å²) in [5.41, 5.74) is 1.44. The first-order valence-electron chi connectivity index (χ1n) is 13.7. The van der Waals surface area contributed by atoms with E-state index >= 15 is 0 Å². The van der Waals surface area contributed by atoms with Crippen molar-refractivity contribution in [2.24, 2.45) is 5.92 Å². The molecule has 2 fully saturated rings. The van der Waals surface area contributed by atoms with Gasteiger partial charge < -0.3 is 29.7 Å². The van der Waals surface area contributed by atoms with E-state index in [1.54, 1.807) is 18.2 Å². The van der Waals surface area contributed by atoms with Crippen LogP contribution in [-0.4, -0.2) is 67.8 Å². The monoisotopic (exact) mass is 489 g/mol. The highest BCUT2D eigenvalue weighted by molar-refractivity contribution is 6.30. The van der Waals surface area contributed by atoms with Crippen LogP contribution < -0.4 is 19.7 Å². The van der Waals surface area contributed by atoms with E-state index in [4.69, 9.17) is 26.6 Å². The molecule has 3 atom stereocenters. The lowest BCUT2D eigenvalue weighted by atomic mass is 9.99. The van der Waals surface area contributed by atoms with Gasteiger partial charge in [-0.3, -0.25) is 4.79 Å². The lowest BCUT2D eigenvalue weighted by Crippen LogP contribution is -2.48. The SMILES string of the molecule is [2H]C1([2H])CCC([2H])([2H])N1C[C@@H](NC(=O)C1CCN(c2ccc(Cl)cc2)C1)[C@H](O)c1ccc2c(c1)OCCO2. The minimum atomic E-state index is -1.91. The molecule has 5 rings (SSSR count). The van der Waals surface area contributed by atoms with Crippen LogP contribution >= 0.6 is 11.6 Å². The Morgan fingerprint density at radius 1 is 1.15 bits per heavy atom. The van der Waals surface area contributed by atoms with E-state index < -0.39 is 25.1 Å². The van der Waals surface area contributed by atoms with Gasteiger partial charge in [0.2, 0.25) is 5.91 Å². The van der Waals surface area contributed by atoms with Gasteiger partial charge in [0, 0.05) is 35.8 Å². The number of hydrogen-bond donors (Lipinski definition) is 2. The molecule has 2 aromatic rings. The molecular formula is C26H32ClN3O4. The summed E-state index contributed by atoms with van der Waals surface area (Å²) in [5, 5.41) is 15.0. The van der Waals surface area contributed by atoms with E-state index in [-0.39, 0.29) is 31.2 Å². The summed E-state index contributed by atoms with van der Waals surface area (Å²) >= 11 is 6.01. The van der Waals surface area contributed by atoms with Crippen molar-refractivity contribution in [2.75, 3.05) is 50.7 Å². The van der Waals surface area contributed by atoms with Crippen LogP contribution in [0, 0.1) is 5.92 Å². The first kappa shape index (κ1) is 18.8. The molecule has 3 aliphatic rings. The predicted molar refractivity (Wildman–Crippen MR) is 132 cm³/mol. The van der Waals surface area contributed by atoms with Gasteiger partial charge in [0.15, 0.2) is 11.5 Å². The number of aliphatic hydroxyl groups is 1. The van der Waals surface area contributed by atoms with E-state index in [2.05, 4.69) is 10.2 Å². The number of carbonyl (C=O) groups is 1. The predicted octanol–water partition coefficient (Wildman–Crippen LogP) is 3.25. The number of rotatable bonds is 7. The first-order chi connectivity index (χ1) is 18.0. The Hall–Kier alpha value is -2.48. The molecule has 8 heteroatoms. The van der Waals surface area contributed by atoms with Crippen LogP contribution in [0.1, 0.15) is 36.4 Å². The highest BCUT2D eigenvalue weighted by atomic mass is 35.5. The van der Waals surface area contributed by atoms with Crippen LogP contribution in [0.4, 0.5) is 5.69 Å². The van der Waals surface area contributed by atoms with Crippen LogP contribution in [0.3, 0.4) is 0 Å². The van der Waals surface area contributed by atoms with Crippen molar-refractivity contribution in [1.29, 1.82) is 0 Å². The number of nitrogens with one attached hydrogen (secondary N) is 1. The fourth-order valence-corrected chi connectivity index (χ4v) is 4.75. The molecule has 0 bridgehead atoms. The van der Waals surface area contributed by atoms with Gasteiger partial charge in [-0.2, -0.15) is 0 Å². The van der Waals surface area contributed by atoms with Crippen LogP contribution in [0.15, 0.2) is 42.5 Å². The molecule has 1 unspecified atom stereocenters. The molecule has 0 aliphatic carbocycles. The number of anilines is 1. The normalized spacial score (nSPS) is 26.6. The maximum Gasteiger partial charge on any atom is 0.225 e. The summed E-state index contributed by atoms with van der Waals surface area (Å²) in [6.07, 6.45) is -0.554.